The summed E-state index contributed by atoms with van der Waals surface area (Å²) in [4.78, 5) is 12.1. The third-order valence-electron chi connectivity index (χ3n) is 3.85. The second-order valence-electron chi connectivity index (χ2n) is 6.06. The van der Waals surface area contributed by atoms with Crippen LogP contribution in [0, 0.1) is 13.8 Å². The fourth-order valence-corrected chi connectivity index (χ4v) is 3.17. The van der Waals surface area contributed by atoms with E-state index in [1.165, 1.54) is 16.0 Å². The number of rotatable bonds is 6. The van der Waals surface area contributed by atoms with Gasteiger partial charge in [0.2, 0.25) is 0 Å². The molecule has 0 saturated heterocycles. The van der Waals surface area contributed by atoms with Crippen LogP contribution in [-0.2, 0) is 6.54 Å². The van der Waals surface area contributed by atoms with E-state index >= 15 is 0 Å². The highest BCUT2D eigenvalue weighted by atomic mass is 127. The molecule has 0 aliphatic rings. The monoisotopic (exact) mass is 473 g/mol. The first-order chi connectivity index (χ1) is 11.5. The van der Waals surface area contributed by atoms with Crippen LogP contribution in [0.4, 0.5) is 0 Å². The Bertz CT molecular complexity index is 666. The lowest BCUT2D eigenvalue weighted by Crippen LogP contribution is -2.41. The van der Waals surface area contributed by atoms with E-state index in [2.05, 4.69) is 77.7 Å². The summed E-state index contributed by atoms with van der Waals surface area (Å²) in [6.07, 6.45) is 1.90. The van der Waals surface area contributed by atoms with Gasteiger partial charge in [0.05, 0.1) is 12.6 Å². The molecule has 5 nitrogen and oxygen atoms in total. The van der Waals surface area contributed by atoms with Crippen molar-refractivity contribution in [3.63, 3.8) is 0 Å². The van der Waals surface area contributed by atoms with Crippen LogP contribution in [0.3, 0.4) is 0 Å². The molecule has 1 aromatic carbocycles. The van der Waals surface area contributed by atoms with Crippen molar-refractivity contribution in [1.29, 1.82) is 0 Å². The SMILES string of the molecule is CN=C(NCc1ncc(C)s1)NCC(c1ccc(C)cc1)N(C)C.I. The van der Waals surface area contributed by atoms with Crippen LogP contribution < -0.4 is 10.6 Å². The predicted octanol–water partition coefficient (Wildman–Crippen LogP) is 3.35. The van der Waals surface area contributed by atoms with E-state index in [1.807, 2.05) is 6.20 Å². The third kappa shape index (κ3) is 6.91. The molecule has 2 rings (SSSR count). The zero-order valence-electron chi connectivity index (χ0n) is 15.5. The normalized spacial score (nSPS) is 12.6. The Morgan fingerprint density at radius 2 is 1.88 bits per heavy atom. The second-order valence-corrected chi connectivity index (χ2v) is 7.38. The fraction of sp³-hybridized carbons (Fsp3) is 0.444. The second kappa shape index (κ2) is 10.7. The molecule has 138 valence electrons. The molecule has 1 atom stereocenters. The molecule has 0 bridgehead atoms. The van der Waals surface area contributed by atoms with Gasteiger partial charge in [-0.2, -0.15) is 0 Å². The summed E-state index contributed by atoms with van der Waals surface area (Å²) in [5.41, 5.74) is 2.57. The van der Waals surface area contributed by atoms with E-state index in [0.717, 1.165) is 17.5 Å². The predicted molar refractivity (Wildman–Crippen MR) is 118 cm³/mol. The van der Waals surface area contributed by atoms with Crippen molar-refractivity contribution in [2.45, 2.75) is 26.4 Å². The molecule has 0 aliphatic heterocycles. The lowest BCUT2D eigenvalue weighted by atomic mass is 10.0. The first-order valence-electron chi connectivity index (χ1n) is 8.08. The Labute approximate surface area is 172 Å². The van der Waals surface area contributed by atoms with Gasteiger partial charge < -0.3 is 15.5 Å². The average Bonchev–Trinajstić information content (AvgIpc) is 2.97. The van der Waals surface area contributed by atoms with Gasteiger partial charge in [-0.05, 0) is 33.5 Å². The molecule has 7 heteroatoms. The number of benzene rings is 1. The van der Waals surface area contributed by atoms with Gasteiger partial charge >= 0.3 is 0 Å². The highest BCUT2D eigenvalue weighted by Gasteiger charge is 2.14. The number of guanidine groups is 1. The van der Waals surface area contributed by atoms with Crippen molar-refractivity contribution < 1.29 is 0 Å². The number of hydrogen-bond donors (Lipinski definition) is 2. The van der Waals surface area contributed by atoms with Gasteiger partial charge in [0.1, 0.15) is 5.01 Å². The lowest BCUT2D eigenvalue weighted by Gasteiger charge is -2.26. The van der Waals surface area contributed by atoms with Crippen LogP contribution in [-0.4, -0.2) is 43.5 Å². The summed E-state index contributed by atoms with van der Waals surface area (Å²) < 4.78 is 0. The molecule has 1 unspecified atom stereocenters. The van der Waals surface area contributed by atoms with E-state index in [-0.39, 0.29) is 30.0 Å². The van der Waals surface area contributed by atoms with Gasteiger partial charge in [0.15, 0.2) is 5.96 Å². The van der Waals surface area contributed by atoms with E-state index in [0.29, 0.717) is 6.54 Å². The first kappa shape index (κ1) is 21.9. The number of thiazole rings is 1. The van der Waals surface area contributed by atoms with E-state index in [9.17, 15) is 0 Å². The smallest absolute Gasteiger partial charge is 0.191 e. The minimum Gasteiger partial charge on any atom is -0.354 e. The number of aromatic nitrogens is 1. The molecule has 1 aromatic heterocycles. The molecule has 1 heterocycles. The zero-order chi connectivity index (χ0) is 17.5. The summed E-state index contributed by atoms with van der Waals surface area (Å²) in [6, 6.07) is 8.98. The summed E-state index contributed by atoms with van der Waals surface area (Å²) >= 11 is 1.70. The first-order valence-corrected chi connectivity index (χ1v) is 8.90. The van der Waals surface area contributed by atoms with Gasteiger partial charge in [0, 0.05) is 24.7 Å². The van der Waals surface area contributed by atoms with Crippen LogP contribution in [0.2, 0.25) is 0 Å². The molecule has 0 radical (unpaired) electrons. The summed E-state index contributed by atoms with van der Waals surface area (Å²) in [7, 11) is 5.99. The maximum absolute atomic E-state index is 4.37. The Morgan fingerprint density at radius 1 is 1.20 bits per heavy atom. The van der Waals surface area contributed by atoms with Gasteiger partial charge in [-0.15, -0.1) is 35.3 Å². The molecule has 0 aliphatic carbocycles. The molecule has 0 amide bonds. The molecule has 2 aromatic rings. The Kier molecular flexibility index (Phi) is 9.37. The quantitative estimate of drug-likeness (QED) is 0.384. The largest absolute Gasteiger partial charge is 0.354 e. The molecule has 25 heavy (non-hydrogen) atoms. The number of likely N-dealkylation sites (N-methyl/N-ethyl adjacent to an activating group) is 1. The van der Waals surface area contributed by atoms with Crippen LogP contribution >= 0.6 is 35.3 Å². The number of nitrogens with one attached hydrogen (secondary N) is 2. The number of nitrogens with zero attached hydrogens (tertiary/aromatic N) is 3. The fourth-order valence-electron chi connectivity index (χ4n) is 2.44. The van der Waals surface area contributed by atoms with Crippen LogP contribution in [0.1, 0.15) is 27.1 Å². The number of aryl methyl sites for hydroxylation is 2. The van der Waals surface area contributed by atoms with Crippen molar-refractivity contribution >= 4 is 41.3 Å². The Morgan fingerprint density at radius 3 is 2.40 bits per heavy atom. The molecular formula is C18H28IN5S. The van der Waals surface area contributed by atoms with E-state index in [1.54, 1.807) is 18.4 Å². The van der Waals surface area contributed by atoms with Gasteiger partial charge in [-0.1, -0.05) is 29.8 Å². The van der Waals surface area contributed by atoms with Crippen LogP contribution in [0.15, 0.2) is 35.5 Å². The number of hydrogen-bond acceptors (Lipinski definition) is 4. The van der Waals surface area contributed by atoms with Crippen LogP contribution in [0.5, 0.6) is 0 Å². The minimum absolute atomic E-state index is 0. The molecule has 0 saturated carbocycles. The van der Waals surface area contributed by atoms with Crippen molar-refractivity contribution in [3.8, 4) is 0 Å². The number of aliphatic imine (C=N–C) groups is 1. The van der Waals surface area contributed by atoms with Gasteiger partial charge in [-0.3, -0.25) is 4.99 Å². The van der Waals surface area contributed by atoms with Crippen molar-refractivity contribution in [2.24, 2.45) is 4.99 Å². The maximum Gasteiger partial charge on any atom is 0.191 e. The Balaban J connectivity index is 0.00000312. The molecule has 0 spiro atoms. The average molecular weight is 473 g/mol. The molecular weight excluding hydrogens is 445 g/mol. The number of halogens is 1. The topological polar surface area (TPSA) is 52.6 Å². The standard InChI is InChI=1S/C18H27N5S.HI/c1-13-6-8-15(9-7-13)16(23(4)5)11-21-18(19-3)22-12-17-20-10-14(2)24-17;/h6-10,16H,11-12H2,1-5H3,(H2,19,21,22);1H. The maximum atomic E-state index is 4.37. The summed E-state index contributed by atoms with van der Waals surface area (Å²) in [5.74, 6) is 0.793. The minimum atomic E-state index is 0. The van der Waals surface area contributed by atoms with Crippen molar-refractivity contribution in [3.05, 3.63) is 51.5 Å². The summed E-state index contributed by atoms with van der Waals surface area (Å²) in [5, 5.41) is 7.80. The third-order valence-corrected chi connectivity index (χ3v) is 4.76. The van der Waals surface area contributed by atoms with Crippen molar-refractivity contribution in [2.75, 3.05) is 27.7 Å². The lowest BCUT2D eigenvalue weighted by molar-refractivity contribution is 0.298. The summed E-state index contributed by atoms with van der Waals surface area (Å²) in [6.45, 7) is 5.65. The van der Waals surface area contributed by atoms with E-state index in [4.69, 9.17) is 0 Å². The Hall–Kier alpha value is -1.19. The zero-order valence-corrected chi connectivity index (χ0v) is 18.7. The van der Waals surface area contributed by atoms with Gasteiger partial charge in [0.25, 0.3) is 0 Å². The van der Waals surface area contributed by atoms with Gasteiger partial charge in [-0.25, -0.2) is 4.98 Å². The highest BCUT2D eigenvalue weighted by Crippen LogP contribution is 2.18. The van der Waals surface area contributed by atoms with Crippen molar-refractivity contribution in [1.82, 2.24) is 20.5 Å². The van der Waals surface area contributed by atoms with E-state index < -0.39 is 0 Å². The van der Waals surface area contributed by atoms with Crippen LogP contribution in [0.25, 0.3) is 0 Å². The molecule has 2 N–H and O–H groups in total. The molecule has 0 fully saturated rings. The highest BCUT2D eigenvalue weighted by molar-refractivity contribution is 14.0.